The van der Waals surface area contributed by atoms with E-state index in [1.165, 1.54) is 0 Å². The third-order valence-electron chi connectivity index (χ3n) is 14.7. The molecule has 3 aromatic heterocycles. The highest BCUT2D eigenvalue weighted by molar-refractivity contribution is 5.96. The molecule has 10 nitrogen and oxygen atoms in total. The summed E-state index contributed by atoms with van der Waals surface area (Å²) >= 11 is 0. The Labute approximate surface area is 504 Å². The van der Waals surface area contributed by atoms with Crippen LogP contribution in [-0.2, 0) is 0 Å². The van der Waals surface area contributed by atoms with Gasteiger partial charge in [-0.25, -0.2) is 9.97 Å². The van der Waals surface area contributed by atoms with Gasteiger partial charge in [0.2, 0.25) is 0 Å². The van der Waals surface area contributed by atoms with E-state index >= 15 is 0 Å². The molecular weight excluding hydrogens is 1050 g/mol. The largest absolute Gasteiger partial charge is 0.493 e. The second kappa shape index (κ2) is 25.6. The first kappa shape index (κ1) is 60.8. The number of fused-ring (bicyclic) bond motifs is 8. The van der Waals surface area contributed by atoms with Crippen LogP contribution in [0.5, 0.6) is 23.0 Å². The zero-order valence-corrected chi connectivity index (χ0v) is 52.3. The van der Waals surface area contributed by atoms with Crippen molar-refractivity contribution in [1.29, 1.82) is 0 Å². The maximum atomic E-state index is 11.7. The first-order valence-electron chi connectivity index (χ1n) is 29.7. The maximum Gasteiger partial charge on any atom is 0.150 e. The number of nitrogens with zero attached hydrogens (tertiary/aromatic N) is 3. The van der Waals surface area contributed by atoms with Gasteiger partial charge >= 0.3 is 0 Å². The minimum absolute atomic E-state index is 0.0767. The molecule has 0 saturated heterocycles. The van der Waals surface area contributed by atoms with Crippen molar-refractivity contribution in [3.63, 3.8) is 0 Å². The molecule has 0 radical (unpaired) electrons. The van der Waals surface area contributed by atoms with E-state index in [2.05, 4.69) is 213 Å². The number of H-pyrrole nitrogens is 2. The SMILES string of the molecule is CN(C)c1ccc(C#Cc2c3nc(c(-c4cc(OCCC(C)(C)C)cc(OCCC(C)(C)C)c4)c4ccc([nH]4)c(C#Cc4ccc(C=O)cc4)c4nc(c(-c5cc(OCCC(C)(C)C)cc(OCCC(C)(C)C)c5)c5ccc2[nH]5)C=C4)C=C3)cc1. The maximum absolute atomic E-state index is 11.7. The number of carbonyl (C=O) groups is 1. The predicted molar refractivity (Wildman–Crippen MR) is 353 cm³/mol. The molecule has 0 fully saturated rings. The van der Waals surface area contributed by atoms with E-state index in [1.54, 1.807) is 12.1 Å². The molecule has 0 atom stereocenters. The lowest BCUT2D eigenvalue weighted by molar-refractivity contribution is 0.112. The van der Waals surface area contributed by atoms with Crippen LogP contribution < -0.4 is 23.8 Å². The van der Waals surface area contributed by atoms with Gasteiger partial charge in [0, 0.05) is 70.8 Å². The third kappa shape index (κ3) is 16.8. The quantitative estimate of drug-likeness (QED) is 0.0726. The Hall–Kier alpha value is -8.73. The highest BCUT2D eigenvalue weighted by atomic mass is 16.5. The zero-order chi connectivity index (χ0) is 60.7. The van der Waals surface area contributed by atoms with E-state index < -0.39 is 0 Å². The van der Waals surface area contributed by atoms with Gasteiger partial charge in [-0.05, 0) is 168 Å². The number of anilines is 1. The Balaban J connectivity index is 1.36. The van der Waals surface area contributed by atoms with Gasteiger partial charge in [-0.2, -0.15) is 0 Å². The van der Waals surface area contributed by atoms with Crippen molar-refractivity contribution in [3.8, 4) is 68.9 Å². The van der Waals surface area contributed by atoms with Crippen LogP contribution in [-0.4, -0.2) is 66.7 Å². The molecule has 85 heavy (non-hydrogen) atoms. The van der Waals surface area contributed by atoms with Crippen molar-refractivity contribution >= 4 is 58.3 Å². The summed E-state index contributed by atoms with van der Waals surface area (Å²) in [4.78, 5) is 32.5. The number of nitrogens with one attached hydrogen (secondary N) is 2. The molecule has 2 aliphatic rings. The first-order chi connectivity index (χ1) is 40.3. The predicted octanol–water partition coefficient (Wildman–Crippen LogP) is 17.9. The smallest absolute Gasteiger partial charge is 0.150 e. The lowest BCUT2D eigenvalue weighted by Gasteiger charge is -2.20. The van der Waals surface area contributed by atoms with Crippen molar-refractivity contribution in [3.05, 3.63) is 160 Å². The summed E-state index contributed by atoms with van der Waals surface area (Å²) in [6.45, 7) is 28.8. The third-order valence-corrected chi connectivity index (χ3v) is 14.7. The summed E-state index contributed by atoms with van der Waals surface area (Å²) in [5.74, 6) is 16.9. The molecule has 0 saturated carbocycles. The molecule has 9 rings (SSSR count). The lowest BCUT2D eigenvalue weighted by Crippen LogP contribution is -2.12. The van der Waals surface area contributed by atoms with Crippen molar-refractivity contribution in [1.82, 2.24) is 19.9 Å². The minimum Gasteiger partial charge on any atom is -0.493 e. The van der Waals surface area contributed by atoms with Crippen LogP contribution >= 0.6 is 0 Å². The van der Waals surface area contributed by atoms with Crippen molar-refractivity contribution < 1.29 is 23.7 Å². The second-order valence-corrected chi connectivity index (χ2v) is 27.2. The average molecular weight is 1130 g/mol. The zero-order valence-electron chi connectivity index (χ0n) is 52.3. The molecule has 0 unspecified atom stereocenters. The van der Waals surface area contributed by atoms with Gasteiger partial charge < -0.3 is 33.8 Å². The fourth-order valence-electron chi connectivity index (χ4n) is 9.50. The highest BCUT2D eigenvalue weighted by Crippen LogP contribution is 2.40. The van der Waals surface area contributed by atoms with Crippen LogP contribution in [0.1, 0.15) is 164 Å². The van der Waals surface area contributed by atoms with Crippen LogP contribution in [0.3, 0.4) is 0 Å². The molecule has 0 aliphatic carbocycles. The molecule has 2 aliphatic heterocycles. The molecule has 8 bridgehead atoms. The Bertz CT molecular complexity index is 3770. The normalized spacial score (nSPS) is 12.3. The number of rotatable bonds is 16. The van der Waals surface area contributed by atoms with Gasteiger partial charge in [0.05, 0.1) is 71.4 Å². The van der Waals surface area contributed by atoms with Crippen molar-refractivity contribution in [2.45, 2.75) is 109 Å². The van der Waals surface area contributed by atoms with E-state index in [0.29, 0.717) is 83.2 Å². The summed E-state index contributed by atoms with van der Waals surface area (Å²) < 4.78 is 26.4. The number of hydrogen-bond donors (Lipinski definition) is 2. The van der Waals surface area contributed by atoms with E-state index in [-0.39, 0.29) is 21.7 Å². The Morgan fingerprint density at radius 3 is 1.08 bits per heavy atom. The number of ether oxygens (including phenoxy) is 4. The molecule has 0 spiro atoms. The minimum atomic E-state index is 0.0767. The Kier molecular flexibility index (Phi) is 18.3. The van der Waals surface area contributed by atoms with Gasteiger partial charge in [0.15, 0.2) is 0 Å². The number of benzene rings is 4. The summed E-state index contributed by atoms with van der Waals surface area (Å²) in [5, 5.41) is 0. The first-order valence-corrected chi connectivity index (χ1v) is 29.7. The summed E-state index contributed by atoms with van der Waals surface area (Å²) in [6.07, 6.45) is 12.5. The number of aromatic amines is 2. The number of aromatic nitrogens is 4. The fourth-order valence-corrected chi connectivity index (χ4v) is 9.50. The molecule has 0 amide bonds. The molecule has 438 valence electrons. The molecule has 7 aromatic rings. The van der Waals surface area contributed by atoms with Crippen LogP contribution in [0.4, 0.5) is 5.69 Å². The van der Waals surface area contributed by atoms with Crippen LogP contribution in [0.25, 0.3) is 68.6 Å². The van der Waals surface area contributed by atoms with E-state index in [0.717, 1.165) is 98.8 Å². The average Bonchev–Trinajstić information content (AvgIpc) is 1.94. The van der Waals surface area contributed by atoms with E-state index in [9.17, 15) is 4.79 Å². The van der Waals surface area contributed by atoms with Gasteiger partial charge in [0.25, 0.3) is 0 Å². The highest BCUT2D eigenvalue weighted by Gasteiger charge is 2.22. The van der Waals surface area contributed by atoms with Crippen molar-refractivity contribution in [2.75, 3.05) is 45.4 Å². The summed E-state index contributed by atoms with van der Waals surface area (Å²) in [6, 6.07) is 36.2. The standard InChI is InChI=1S/C75H83N5O5/c1-72(2,3)35-39-82-56-43-53(44-57(47-56)83-40-36-73(4,5)6)70-66-31-27-62(76-66)60(25-21-50-15-17-52(49-81)18-16-50)63-28-32-67(77-63)71(54-45-58(84-41-37-74(7,8)9)48-59(46-54)85-42-38-75(10,11)12)69-34-30-65(79-69)61(64-29-33-68(70)78-64)26-22-51-19-23-55(24-20-51)80(13)14/h15-20,23-24,27-34,43-49,76,79H,35-42H2,1-14H3. The van der Waals surface area contributed by atoms with E-state index in [4.69, 9.17) is 28.9 Å². The number of hydrogen-bond acceptors (Lipinski definition) is 8. The lowest BCUT2D eigenvalue weighted by atomic mass is 9.93. The Morgan fingerprint density at radius 2 is 0.753 bits per heavy atom. The molecule has 10 heteroatoms. The summed E-state index contributed by atoms with van der Waals surface area (Å²) in [7, 11) is 4.07. The molecule has 2 N–H and O–H groups in total. The van der Waals surface area contributed by atoms with Crippen LogP contribution in [0, 0.1) is 45.3 Å². The van der Waals surface area contributed by atoms with Gasteiger partial charge in [-0.1, -0.05) is 119 Å². The molecule has 5 heterocycles. The molecule has 4 aromatic carbocycles. The Morgan fingerprint density at radius 1 is 0.424 bits per heavy atom. The fraction of sp³-hybridized carbons (Fsp3) is 0.347. The van der Waals surface area contributed by atoms with Gasteiger partial charge in [0.1, 0.15) is 29.3 Å². The van der Waals surface area contributed by atoms with Gasteiger partial charge in [-0.15, -0.1) is 0 Å². The summed E-state index contributed by atoms with van der Waals surface area (Å²) in [5.41, 5.74) is 14.3. The number of carbonyl (C=O) groups excluding carboxylic acids is 1. The van der Waals surface area contributed by atoms with Crippen molar-refractivity contribution in [2.24, 2.45) is 21.7 Å². The van der Waals surface area contributed by atoms with Crippen LogP contribution in [0.2, 0.25) is 0 Å². The number of aldehydes is 1. The molecular formula is C75H83N5O5. The van der Waals surface area contributed by atoms with Gasteiger partial charge in [-0.3, -0.25) is 4.79 Å². The second-order valence-electron chi connectivity index (χ2n) is 27.2. The van der Waals surface area contributed by atoms with Crippen LogP contribution in [0.15, 0.2) is 109 Å². The monoisotopic (exact) mass is 1130 g/mol. The van der Waals surface area contributed by atoms with E-state index in [1.807, 2.05) is 44.4 Å². The topological polar surface area (TPSA) is 115 Å².